The van der Waals surface area contributed by atoms with Gasteiger partial charge >= 0.3 is 29.6 Å². The number of carbonyl (C=O) groups excluding carboxylic acids is 3. The molecule has 1 aliphatic heterocycles. The van der Waals surface area contributed by atoms with Crippen LogP contribution < -0.4 is 40.6 Å². The number of alkyl halides is 2. The van der Waals surface area contributed by atoms with Crippen LogP contribution in [0, 0.1) is 17.5 Å². The van der Waals surface area contributed by atoms with E-state index in [9.17, 15) is 27.6 Å². The Labute approximate surface area is 346 Å². The van der Waals surface area contributed by atoms with Gasteiger partial charge in [-0.15, -0.1) is 23.2 Å². The number of nitrogens with zero attached hydrogens (tertiary/aromatic N) is 1. The Balaban J connectivity index is 0. The normalized spacial score (nSPS) is 13.7. The van der Waals surface area contributed by atoms with Gasteiger partial charge in [-0.2, -0.15) is 0 Å². The van der Waals surface area contributed by atoms with Gasteiger partial charge < -0.3 is 17.4 Å². The van der Waals surface area contributed by atoms with Crippen molar-refractivity contribution in [3.63, 3.8) is 0 Å². The van der Waals surface area contributed by atoms with Gasteiger partial charge in [-0.05, 0) is 124 Å². The molecule has 3 N–H and O–H groups in total. The molecule has 1 aliphatic rings. The number of carbonyl (C=O) groups is 3. The molecular weight excluding hydrogens is 745 g/mol. The molecule has 0 bridgehead atoms. The van der Waals surface area contributed by atoms with Crippen LogP contribution in [0.15, 0.2) is 72.8 Å². The van der Waals surface area contributed by atoms with Crippen molar-refractivity contribution in [2.75, 3.05) is 18.3 Å². The number of piperidine rings is 1. The summed E-state index contributed by atoms with van der Waals surface area (Å²) in [7, 11) is 0. The maximum absolute atomic E-state index is 12.8. The van der Waals surface area contributed by atoms with Crippen LogP contribution in [0.2, 0.25) is 0 Å². The molecule has 3 aromatic rings. The standard InChI is InChI=1S/C13H17ClFNO.C13H16FNO.C8H10FN.C5H8Cl2O.Na.H/c1-10(11-5-7-12(15)8-6-11)16-13(17)4-2-3-9-14;1-10(11-5-7-12(14)8-6-11)15-9-3-2-4-13(15)16;1-6(10)7-2-4-8(9)5-3-7;6-4-2-1-3-5(7)8;;/h5-8,10H,2-4,9H2,1H3,(H,16,17);5-8,10H,2-4,9H2,1H3;2-6H,10H2,1H3;1-4H2;;/q;;;;+1;-1. The zero-order valence-corrected chi connectivity index (χ0v) is 34.9. The molecule has 3 atom stereocenters. The molecule has 4 rings (SSSR count). The van der Waals surface area contributed by atoms with E-state index in [2.05, 4.69) is 5.32 Å². The summed E-state index contributed by atoms with van der Waals surface area (Å²) in [6.07, 6.45) is 6.97. The van der Waals surface area contributed by atoms with Crippen LogP contribution >= 0.6 is 34.8 Å². The van der Waals surface area contributed by atoms with E-state index < -0.39 is 0 Å². The number of unbranched alkanes of at least 4 members (excludes halogenated alkanes) is 2. The molecular formula is C39H52Cl3F3N3NaO3. The molecule has 1 saturated heterocycles. The van der Waals surface area contributed by atoms with Crippen LogP contribution in [0.25, 0.3) is 0 Å². The van der Waals surface area contributed by atoms with Crippen molar-refractivity contribution in [3.05, 3.63) is 107 Å². The van der Waals surface area contributed by atoms with Gasteiger partial charge in [0.05, 0.1) is 12.1 Å². The number of rotatable bonds is 13. The third-order valence-electron chi connectivity index (χ3n) is 7.87. The molecule has 52 heavy (non-hydrogen) atoms. The SMILES string of the molecule is CC(N)c1ccc(F)cc1.CC(NC(=O)CCCCCl)c1ccc(F)cc1.CC(c1ccc(F)cc1)N1CCCCC1=O.O=C(Cl)CCCCCl.[H-].[Na+]. The van der Waals surface area contributed by atoms with Gasteiger partial charge in [0.25, 0.3) is 0 Å². The van der Waals surface area contributed by atoms with Crippen LogP contribution in [-0.4, -0.2) is 40.3 Å². The first-order chi connectivity index (χ1) is 24.3. The fraction of sp³-hybridized carbons (Fsp3) is 0.462. The Hall–Kier alpha value is -2.11. The van der Waals surface area contributed by atoms with Crippen LogP contribution in [0.5, 0.6) is 0 Å². The number of hydrogen-bond donors (Lipinski definition) is 2. The summed E-state index contributed by atoms with van der Waals surface area (Å²) in [4.78, 5) is 35.2. The Morgan fingerprint density at radius 1 is 0.750 bits per heavy atom. The molecule has 0 aliphatic carbocycles. The summed E-state index contributed by atoms with van der Waals surface area (Å²) >= 11 is 15.9. The summed E-state index contributed by atoms with van der Waals surface area (Å²) in [6, 6.07) is 18.7. The quantitative estimate of drug-likeness (QED) is 0.0815. The largest absolute Gasteiger partial charge is 1.00 e. The fourth-order valence-corrected chi connectivity index (χ4v) is 5.32. The van der Waals surface area contributed by atoms with Crippen molar-refractivity contribution in [1.82, 2.24) is 10.2 Å². The average molecular weight is 797 g/mol. The van der Waals surface area contributed by atoms with Crippen molar-refractivity contribution in [1.29, 1.82) is 0 Å². The Kier molecular flexibility index (Phi) is 28.1. The number of amides is 2. The maximum Gasteiger partial charge on any atom is 1.00 e. The van der Waals surface area contributed by atoms with Crippen molar-refractivity contribution in [2.24, 2.45) is 5.73 Å². The summed E-state index contributed by atoms with van der Waals surface area (Å²) in [5.41, 5.74) is 8.40. The minimum absolute atomic E-state index is 0. The number of nitrogens with one attached hydrogen (secondary N) is 1. The second-order valence-corrected chi connectivity index (χ2v) is 13.3. The van der Waals surface area contributed by atoms with Crippen molar-refractivity contribution < 1.29 is 58.5 Å². The fourth-order valence-electron chi connectivity index (χ4n) is 4.81. The molecule has 3 unspecified atom stereocenters. The van der Waals surface area contributed by atoms with Gasteiger partial charge in [-0.25, -0.2) is 13.2 Å². The van der Waals surface area contributed by atoms with Crippen LogP contribution in [0.1, 0.15) is 115 Å². The molecule has 3 aromatic carbocycles. The van der Waals surface area contributed by atoms with E-state index in [1.807, 2.05) is 25.7 Å². The van der Waals surface area contributed by atoms with Gasteiger partial charge in [0.2, 0.25) is 17.1 Å². The first kappa shape index (κ1) is 49.9. The summed E-state index contributed by atoms with van der Waals surface area (Å²) in [5.74, 6) is 0.694. The van der Waals surface area contributed by atoms with E-state index in [0.29, 0.717) is 31.0 Å². The molecule has 1 fully saturated rings. The molecule has 1 heterocycles. The Morgan fingerprint density at radius 3 is 1.62 bits per heavy atom. The molecule has 0 aromatic heterocycles. The minimum Gasteiger partial charge on any atom is -1.00 e. The van der Waals surface area contributed by atoms with Crippen molar-refractivity contribution in [3.8, 4) is 0 Å². The van der Waals surface area contributed by atoms with E-state index >= 15 is 0 Å². The summed E-state index contributed by atoms with van der Waals surface area (Å²) in [5, 5.41) is 2.60. The van der Waals surface area contributed by atoms with E-state index in [1.165, 1.54) is 36.4 Å². The van der Waals surface area contributed by atoms with Gasteiger partial charge in [0, 0.05) is 43.6 Å². The second kappa shape index (κ2) is 29.3. The topological polar surface area (TPSA) is 92.5 Å². The van der Waals surface area contributed by atoms with Crippen molar-refractivity contribution in [2.45, 2.75) is 96.7 Å². The maximum atomic E-state index is 12.8. The van der Waals surface area contributed by atoms with Gasteiger partial charge in [-0.1, -0.05) is 36.4 Å². The number of nitrogens with two attached hydrogens (primary N) is 1. The van der Waals surface area contributed by atoms with E-state index in [1.54, 1.807) is 36.4 Å². The van der Waals surface area contributed by atoms with Gasteiger partial charge in [0.15, 0.2) is 0 Å². The smallest absolute Gasteiger partial charge is 1.00 e. The van der Waals surface area contributed by atoms with Crippen LogP contribution in [-0.2, 0) is 14.4 Å². The van der Waals surface area contributed by atoms with E-state index in [4.69, 9.17) is 40.5 Å². The van der Waals surface area contributed by atoms with E-state index in [-0.39, 0.29) is 83.6 Å². The van der Waals surface area contributed by atoms with Crippen LogP contribution in [0.4, 0.5) is 13.2 Å². The zero-order chi connectivity index (χ0) is 38.2. The Bertz CT molecular complexity index is 1430. The van der Waals surface area contributed by atoms with E-state index in [0.717, 1.165) is 61.8 Å². The monoisotopic (exact) mass is 795 g/mol. The molecule has 0 radical (unpaired) electrons. The van der Waals surface area contributed by atoms with Gasteiger partial charge in [-0.3, -0.25) is 14.4 Å². The predicted molar refractivity (Wildman–Crippen MR) is 203 cm³/mol. The van der Waals surface area contributed by atoms with Crippen molar-refractivity contribution >= 4 is 51.9 Å². The number of likely N-dealkylation sites (tertiary alicyclic amines) is 1. The number of hydrogen-bond acceptors (Lipinski definition) is 4. The predicted octanol–water partition coefficient (Wildman–Crippen LogP) is 7.43. The third-order valence-corrected chi connectivity index (χ3v) is 8.59. The zero-order valence-electron chi connectivity index (χ0n) is 31.7. The van der Waals surface area contributed by atoms with Crippen LogP contribution in [0.3, 0.4) is 0 Å². The molecule has 0 saturated carbocycles. The number of benzene rings is 3. The molecule has 13 heteroatoms. The minimum atomic E-state index is -0.269. The molecule has 2 amide bonds. The van der Waals surface area contributed by atoms with Gasteiger partial charge in [0.1, 0.15) is 17.5 Å². The number of halogens is 6. The molecule has 6 nitrogen and oxygen atoms in total. The summed E-state index contributed by atoms with van der Waals surface area (Å²) in [6.45, 7) is 6.56. The molecule has 0 spiro atoms. The second-order valence-electron chi connectivity index (χ2n) is 12.1. The molecule has 284 valence electrons. The summed E-state index contributed by atoms with van der Waals surface area (Å²) < 4.78 is 37.8. The first-order valence-electron chi connectivity index (χ1n) is 17.2. The first-order valence-corrected chi connectivity index (χ1v) is 18.6. The average Bonchev–Trinajstić information content (AvgIpc) is 3.10. The Morgan fingerprint density at radius 2 is 1.19 bits per heavy atom. The third kappa shape index (κ3) is 22.2.